The summed E-state index contributed by atoms with van der Waals surface area (Å²) in [5.74, 6) is -2.12. The van der Waals surface area contributed by atoms with Gasteiger partial charge >= 0.3 is 12.0 Å². The van der Waals surface area contributed by atoms with Crippen molar-refractivity contribution in [1.82, 2.24) is 20.9 Å². The third-order valence-electron chi connectivity index (χ3n) is 2.76. The standard InChI is InChI=1S/C11H18N4O6/c1-21-3-2-12-8(16)5-14-11(20)15-6-9(17)13-4-7(15)10(18)19/h7H,2-6H2,1H3,(H,12,16)(H,13,17)(H,14,20)(H,18,19). The molecule has 4 amide bonds. The van der Waals surface area contributed by atoms with Crippen LogP contribution in [0.5, 0.6) is 0 Å². The summed E-state index contributed by atoms with van der Waals surface area (Å²) in [6.07, 6.45) is 0. The van der Waals surface area contributed by atoms with E-state index in [1.54, 1.807) is 0 Å². The molecule has 10 nitrogen and oxygen atoms in total. The minimum atomic E-state index is -1.23. The van der Waals surface area contributed by atoms with Gasteiger partial charge in [0.25, 0.3) is 0 Å². The summed E-state index contributed by atoms with van der Waals surface area (Å²) in [5, 5.41) is 16.1. The van der Waals surface area contributed by atoms with Gasteiger partial charge in [0.05, 0.1) is 13.2 Å². The van der Waals surface area contributed by atoms with Gasteiger partial charge in [0.2, 0.25) is 11.8 Å². The molecule has 0 aromatic heterocycles. The Morgan fingerprint density at radius 3 is 2.76 bits per heavy atom. The zero-order valence-electron chi connectivity index (χ0n) is 11.5. The second-order valence-corrected chi connectivity index (χ2v) is 4.29. The molecule has 4 N–H and O–H groups in total. The number of carbonyl (C=O) groups is 4. The highest BCUT2D eigenvalue weighted by Crippen LogP contribution is 2.04. The van der Waals surface area contributed by atoms with E-state index in [0.717, 1.165) is 4.90 Å². The first kappa shape index (κ1) is 16.7. The zero-order chi connectivity index (χ0) is 15.8. The summed E-state index contributed by atoms with van der Waals surface area (Å²) in [6.45, 7) is -0.204. The molecule has 0 saturated carbocycles. The van der Waals surface area contributed by atoms with Gasteiger partial charge in [-0.25, -0.2) is 9.59 Å². The number of carboxylic acids is 1. The average Bonchev–Trinajstić information content (AvgIpc) is 2.44. The van der Waals surface area contributed by atoms with E-state index in [4.69, 9.17) is 9.84 Å². The summed E-state index contributed by atoms with van der Waals surface area (Å²) in [6, 6.07) is -1.93. The van der Waals surface area contributed by atoms with E-state index >= 15 is 0 Å². The first-order valence-electron chi connectivity index (χ1n) is 6.25. The molecule has 0 aromatic rings. The van der Waals surface area contributed by atoms with Gasteiger partial charge in [0, 0.05) is 20.2 Å². The molecule has 1 aliphatic heterocycles. The van der Waals surface area contributed by atoms with Gasteiger partial charge in [-0.15, -0.1) is 0 Å². The summed E-state index contributed by atoms with van der Waals surface area (Å²) in [4.78, 5) is 46.4. The van der Waals surface area contributed by atoms with Crippen molar-refractivity contribution in [3.8, 4) is 0 Å². The maximum Gasteiger partial charge on any atom is 0.328 e. The van der Waals surface area contributed by atoms with Crippen LogP contribution in [0.3, 0.4) is 0 Å². The van der Waals surface area contributed by atoms with E-state index in [9.17, 15) is 19.2 Å². The highest BCUT2D eigenvalue weighted by Gasteiger charge is 2.35. The molecule has 1 saturated heterocycles. The summed E-state index contributed by atoms with van der Waals surface area (Å²) in [5.41, 5.74) is 0. The molecule has 0 spiro atoms. The minimum Gasteiger partial charge on any atom is -0.480 e. The van der Waals surface area contributed by atoms with Gasteiger partial charge in [-0.3, -0.25) is 14.5 Å². The molecule has 118 valence electrons. The SMILES string of the molecule is COCCNC(=O)CNC(=O)N1CC(=O)NCC1C(=O)O. The van der Waals surface area contributed by atoms with E-state index in [0.29, 0.717) is 13.2 Å². The molecule has 0 bridgehead atoms. The monoisotopic (exact) mass is 302 g/mol. The minimum absolute atomic E-state index is 0.165. The lowest BCUT2D eigenvalue weighted by molar-refractivity contribution is -0.144. The van der Waals surface area contributed by atoms with Crippen LogP contribution >= 0.6 is 0 Å². The van der Waals surface area contributed by atoms with Crippen LogP contribution in [0, 0.1) is 0 Å². The Labute approximate surface area is 120 Å². The number of nitrogens with one attached hydrogen (secondary N) is 3. The molecule has 1 fully saturated rings. The second-order valence-electron chi connectivity index (χ2n) is 4.29. The van der Waals surface area contributed by atoms with Crippen molar-refractivity contribution >= 4 is 23.8 Å². The highest BCUT2D eigenvalue weighted by atomic mass is 16.5. The first-order chi connectivity index (χ1) is 9.95. The van der Waals surface area contributed by atoms with Crippen molar-refractivity contribution in [2.45, 2.75) is 6.04 Å². The number of carboxylic acid groups (broad SMARTS) is 1. The number of piperazine rings is 1. The lowest BCUT2D eigenvalue weighted by atomic mass is 10.2. The predicted octanol–water partition coefficient (Wildman–Crippen LogP) is -2.66. The molecular weight excluding hydrogens is 284 g/mol. The normalized spacial score (nSPS) is 17.9. The van der Waals surface area contributed by atoms with Gasteiger partial charge in [0.1, 0.15) is 12.6 Å². The van der Waals surface area contributed by atoms with Crippen LogP contribution in [0.4, 0.5) is 4.79 Å². The Balaban J connectivity index is 2.46. The van der Waals surface area contributed by atoms with Gasteiger partial charge in [-0.1, -0.05) is 0 Å². The smallest absolute Gasteiger partial charge is 0.328 e. The van der Waals surface area contributed by atoms with E-state index in [-0.39, 0.29) is 19.6 Å². The number of hydrogen-bond donors (Lipinski definition) is 4. The van der Waals surface area contributed by atoms with Crippen LogP contribution in [0.15, 0.2) is 0 Å². The fraction of sp³-hybridized carbons (Fsp3) is 0.636. The number of amides is 4. The number of nitrogens with zero attached hydrogens (tertiary/aromatic N) is 1. The van der Waals surface area contributed by atoms with Crippen LogP contribution in [0.1, 0.15) is 0 Å². The molecule has 1 rings (SSSR count). The van der Waals surface area contributed by atoms with Crippen molar-refractivity contribution < 1.29 is 29.0 Å². The summed E-state index contributed by atoms with van der Waals surface area (Å²) >= 11 is 0. The second kappa shape index (κ2) is 8.04. The van der Waals surface area contributed by atoms with Crippen molar-refractivity contribution in [2.75, 3.05) is 39.9 Å². The first-order valence-corrected chi connectivity index (χ1v) is 6.25. The van der Waals surface area contributed by atoms with Crippen LogP contribution < -0.4 is 16.0 Å². The Hall–Kier alpha value is -2.36. The Morgan fingerprint density at radius 2 is 2.14 bits per heavy atom. The molecule has 1 heterocycles. The molecule has 1 atom stereocenters. The molecule has 0 aromatic carbocycles. The maximum atomic E-state index is 11.9. The topological polar surface area (TPSA) is 137 Å². The third kappa shape index (κ3) is 5.26. The third-order valence-corrected chi connectivity index (χ3v) is 2.76. The van der Waals surface area contributed by atoms with Crippen LogP contribution in [-0.2, 0) is 19.1 Å². The van der Waals surface area contributed by atoms with Gasteiger partial charge in [-0.2, -0.15) is 0 Å². The molecular formula is C11H18N4O6. The van der Waals surface area contributed by atoms with E-state index in [1.807, 2.05) is 0 Å². The number of ether oxygens (including phenoxy) is 1. The number of aliphatic carboxylic acids is 1. The zero-order valence-corrected chi connectivity index (χ0v) is 11.5. The molecule has 21 heavy (non-hydrogen) atoms. The average molecular weight is 302 g/mol. The number of hydrogen-bond acceptors (Lipinski definition) is 5. The largest absolute Gasteiger partial charge is 0.480 e. The van der Waals surface area contributed by atoms with Crippen molar-refractivity contribution in [1.29, 1.82) is 0 Å². The van der Waals surface area contributed by atoms with Crippen LogP contribution in [0.25, 0.3) is 0 Å². The fourth-order valence-corrected chi connectivity index (χ4v) is 1.69. The Kier molecular flexibility index (Phi) is 6.40. The molecule has 0 aliphatic carbocycles. The number of rotatable bonds is 6. The lowest BCUT2D eigenvalue weighted by Gasteiger charge is -2.32. The van der Waals surface area contributed by atoms with Gasteiger partial charge < -0.3 is 25.8 Å². The van der Waals surface area contributed by atoms with Crippen molar-refractivity contribution in [3.63, 3.8) is 0 Å². The molecule has 1 aliphatic rings. The number of carbonyl (C=O) groups excluding carboxylic acids is 3. The summed E-state index contributed by atoms with van der Waals surface area (Å²) in [7, 11) is 1.49. The van der Waals surface area contributed by atoms with Gasteiger partial charge in [-0.05, 0) is 0 Å². The molecule has 10 heteroatoms. The molecule has 1 unspecified atom stereocenters. The molecule has 0 radical (unpaired) electrons. The van der Waals surface area contributed by atoms with Crippen LogP contribution in [0.2, 0.25) is 0 Å². The summed E-state index contributed by atoms with van der Waals surface area (Å²) < 4.78 is 4.75. The quantitative estimate of drug-likeness (QED) is 0.395. The lowest BCUT2D eigenvalue weighted by Crippen LogP contribution is -2.61. The van der Waals surface area contributed by atoms with Crippen molar-refractivity contribution in [2.24, 2.45) is 0 Å². The van der Waals surface area contributed by atoms with Crippen molar-refractivity contribution in [3.05, 3.63) is 0 Å². The Morgan fingerprint density at radius 1 is 1.43 bits per heavy atom. The van der Waals surface area contributed by atoms with E-state index < -0.39 is 29.9 Å². The Bertz CT molecular complexity index is 427. The van der Waals surface area contributed by atoms with E-state index in [2.05, 4.69) is 16.0 Å². The van der Waals surface area contributed by atoms with Gasteiger partial charge in [0.15, 0.2) is 0 Å². The predicted molar refractivity (Wildman–Crippen MR) is 69.4 cm³/mol. The fourth-order valence-electron chi connectivity index (χ4n) is 1.69. The number of urea groups is 1. The highest BCUT2D eigenvalue weighted by molar-refractivity contribution is 5.92. The maximum absolute atomic E-state index is 11.9. The number of methoxy groups -OCH3 is 1. The van der Waals surface area contributed by atoms with Crippen LogP contribution in [-0.4, -0.2) is 79.8 Å². The van der Waals surface area contributed by atoms with E-state index in [1.165, 1.54) is 7.11 Å².